The summed E-state index contributed by atoms with van der Waals surface area (Å²) in [6.45, 7) is 3.42. The minimum Gasteiger partial charge on any atom is -0.466 e. The number of ether oxygens (including phenoxy) is 2. The van der Waals surface area contributed by atoms with Gasteiger partial charge in [-0.25, -0.2) is 4.39 Å². The van der Waals surface area contributed by atoms with Crippen LogP contribution in [0.5, 0.6) is 0 Å². The summed E-state index contributed by atoms with van der Waals surface area (Å²) in [4.78, 5) is 15.7. The van der Waals surface area contributed by atoms with E-state index in [1.165, 1.54) is 6.07 Å². The monoisotopic (exact) mass is 267 g/mol. The Hall–Kier alpha value is -1.49. The Kier molecular flexibility index (Phi) is 4.85. The van der Waals surface area contributed by atoms with E-state index in [1.807, 2.05) is 0 Å². The summed E-state index contributed by atoms with van der Waals surface area (Å²) < 4.78 is 23.8. The standard InChI is InChI=1S/C14H18FNO3/c1-2-19-14(17)9-13-11(15)3-4-12(16-13)10-5-7-18-8-6-10/h3-4,10H,2,5-9H2,1H3. The number of carbonyl (C=O) groups is 1. The summed E-state index contributed by atoms with van der Waals surface area (Å²) >= 11 is 0. The Labute approximate surface area is 111 Å². The number of halogens is 1. The highest BCUT2D eigenvalue weighted by molar-refractivity contribution is 5.72. The van der Waals surface area contributed by atoms with Gasteiger partial charge in [-0.1, -0.05) is 0 Å². The van der Waals surface area contributed by atoms with Crippen LogP contribution in [0.15, 0.2) is 12.1 Å². The van der Waals surface area contributed by atoms with Crippen LogP contribution in [0.4, 0.5) is 4.39 Å². The molecule has 2 rings (SSSR count). The van der Waals surface area contributed by atoms with Gasteiger partial charge in [-0.3, -0.25) is 9.78 Å². The Bertz CT molecular complexity index is 444. The maximum Gasteiger partial charge on any atom is 0.311 e. The summed E-state index contributed by atoms with van der Waals surface area (Å²) in [7, 11) is 0. The van der Waals surface area contributed by atoms with Crippen molar-refractivity contribution in [2.45, 2.75) is 32.1 Å². The smallest absolute Gasteiger partial charge is 0.311 e. The predicted octanol–water partition coefficient (Wildman–Crippen LogP) is 2.22. The highest BCUT2D eigenvalue weighted by atomic mass is 19.1. The first-order valence-corrected chi connectivity index (χ1v) is 6.59. The third-order valence-corrected chi connectivity index (χ3v) is 3.20. The molecule has 2 heterocycles. The molecule has 0 amide bonds. The van der Waals surface area contributed by atoms with Crippen molar-refractivity contribution in [1.29, 1.82) is 0 Å². The van der Waals surface area contributed by atoms with Gasteiger partial charge in [0.25, 0.3) is 0 Å². The molecule has 1 saturated heterocycles. The summed E-state index contributed by atoms with van der Waals surface area (Å²) in [5.41, 5.74) is 1.01. The average molecular weight is 267 g/mol. The summed E-state index contributed by atoms with van der Waals surface area (Å²) in [6.07, 6.45) is 1.66. The molecule has 0 saturated carbocycles. The van der Waals surface area contributed by atoms with Crippen molar-refractivity contribution in [3.05, 3.63) is 29.3 Å². The van der Waals surface area contributed by atoms with Crippen molar-refractivity contribution in [2.75, 3.05) is 19.8 Å². The zero-order valence-corrected chi connectivity index (χ0v) is 11.0. The maximum absolute atomic E-state index is 13.6. The fourth-order valence-electron chi connectivity index (χ4n) is 2.19. The molecule has 1 aliphatic rings. The molecule has 0 spiro atoms. The van der Waals surface area contributed by atoms with Crippen LogP contribution < -0.4 is 0 Å². The number of aromatic nitrogens is 1. The van der Waals surface area contributed by atoms with E-state index in [-0.39, 0.29) is 18.0 Å². The molecule has 0 atom stereocenters. The zero-order chi connectivity index (χ0) is 13.7. The van der Waals surface area contributed by atoms with Crippen LogP contribution in [0.3, 0.4) is 0 Å². The number of nitrogens with zero attached hydrogens (tertiary/aromatic N) is 1. The number of rotatable bonds is 4. The topological polar surface area (TPSA) is 48.4 Å². The van der Waals surface area contributed by atoms with Gasteiger partial charge in [-0.2, -0.15) is 0 Å². The molecule has 1 aliphatic heterocycles. The van der Waals surface area contributed by atoms with E-state index in [4.69, 9.17) is 9.47 Å². The second-order valence-electron chi connectivity index (χ2n) is 4.53. The number of esters is 1. The van der Waals surface area contributed by atoms with E-state index in [2.05, 4.69) is 4.98 Å². The van der Waals surface area contributed by atoms with Crippen molar-refractivity contribution in [1.82, 2.24) is 4.98 Å². The molecule has 0 N–H and O–H groups in total. The quantitative estimate of drug-likeness (QED) is 0.785. The van der Waals surface area contributed by atoms with Gasteiger partial charge in [-0.15, -0.1) is 0 Å². The molecule has 4 nitrogen and oxygen atoms in total. The maximum atomic E-state index is 13.6. The van der Waals surface area contributed by atoms with Crippen molar-refractivity contribution < 1.29 is 18.7 Å². The van der Waals surface area contributed by atoms with Crippen molar-refractivity contribution in [3.63, 3.8) is 0 Å². The molecule has 5 heteroatoms. The number of hydrogen-bond acceptors (Lipinski definition) is 4. The van der Waals surface area contributed by atoms with Gasteiger partial charge in [-0.05, 0) is 31.9 Å². The normalized spacial score (nSPS) is 16.3. The molecular weight excluding hydrogens is 249 g/mol. The van der Waals surface area contributed by atoms with Gasteiger partial charge in [0, 0.05) is 24.8 Å². The van der Waals surface area contributed by atoms with E-state index in [0.29, 0.717) is 19.8 Å². The van der Waals surface area contributed by atoms with Crippen LogP contribution in [0.2, 0.25) is 0 Å². The van der Waals surface area contributed by atoms with Crippen LogP contribution >= 0.6 is 0 Å². The van der Waals surface area contributed by atoms with Crippen molar-refractivity contribution in [2.24, 2.45) is 0 Å². The lowest BCUT2D eigenvalue weighted by molar-refractivity contribution is -0.142. The summed E-state index contributed by atoms with van der Waals surface area (Å²) in [6, 6.07) is 3.08. The van der Waals surface area contributed by atoms with Gasteiger partial charge in [0.1, 0.15) is 5.82 Å². The first kappa shape index (κ1) is 13.9. The lowest BCUT2D eigenvalue weighted by Gasteiger charge is -2.21. The molecule has 0 unspecified atom stereocenters. The lowest BCUT2D eigenvalue weighted by Crippen LogP contribution is -2.17. The zero-order valence-electron chi connectivity index (χ0n) is 11.0. The highest BCUT2D eigenvalue weighted by Gasteiger charge is 2.19. The molecule has 1 aromatic heterocycles. The Morgan fingerprint density at radius 1 is 1.47 bits per heavy atom. The first-order valence-electron chi connectivity index (χ1n) is 6.59. The molecular formula is C14H18FNO3. The van der Waals surface area contributed by atoms with Crippen molar-refractivity contribution in [3.8, 4) is 0 Å². The van der Waals surface area contributed by atoms with E-state index in [9.17, 15) is 9.18 Å². The predicted molar refractivity (Wildman–Crippen MR) is 67.3 cm³/mol. The third kappa shape index (κ3) is 3.73. The second-order valence-corrected chi connectivity index (χ2v) is 4.53. The van der Waals surface area contributed by atoms with Gasteiger partial charge < -0.3 is 9.47 Å². The van der Waals surface area contributed by atoms with Gasteiger partial charge in [0.05, 0.1) is 18.7 Å². The minimum atomic E-state index is -0.455. The van der Waals surface area contributed by atoms with E-state index >= 15 is 0 Å². The second kappa shape index (κ2) is 6.61. The summed E-state index contributed by atoms with van der Waals surface area (Å²) in [5, 5.41) is 0. The van der Waals surface area contributed by atoms with E-state index in [1.54, 1.807) is 13.0 Å². The van der Waals surface area contributed by atoms with Crippen LogP contribution in [0.1, 0.15) is 37.1 Å². The molecule has 0 radical (unpaired) electrons. The SMILES string of the molecule is CCOC(=O)Cc1nc(C2CCOCC2)ccc1F. The lowest BCUT2D eigenvalue weighted by atomic mass is 9.95. The fraction of sp³-hybridized carbons (Fsp3) is 0.571. The Balaban J connectivity index is 2.11. The molecule has 19 heavy (non-hydrogen) atoms. The molecule has 0 aromatic carbocycles. The van der Waals surface area contributed by atoms with E-state index < -0.39 is 11.8 Å². The number of pyridine rings is 1. The molecule has 1 aromatic rings. The van der Waals surface area contributed by atoms with Crippen LogP contribution in [-0.4, -0.2) is 30.8 Å². The van der Waals surface area contributed by atoms with Crippen LogP contribution in [0, 0.1) is 5.82 Å². The summed E-state index contributed by atoms with van der Waals surface area (Å²) in [5.74, 6) is -0.614. The first-order chi connectivity index (χ1) is 9.20. The third-order valence-electron chi connectivity index (χ3n) is 3.20. The van der Waals surface area contributed by atoms with Gasteiger partial charge in [0.15, 0.2) is 0 Å². The molecule has 104 valence electrons. The van der Waals surface area contributed by atoms with E-state index in [0.717, 1.165) is 18.5 Å². The van der Waals surface area contributed by atoms with Gasteiger partial charge in [0.2, 0.25) is 0 Å². The fourth-order valence-corrected chi connectivity index (χ4v) is 2.19. The molecule has 1 fully saturated rings. The minimum absolute atomic E-state index is 0.114. The number of hydrogen-bond donors (Lipinski definition) is 0. The Morgan fingerprint density at radius 3 is 2.89 bits per heavy atom. The highest BCUT2D eigenvalue weighted by Crippen LogP contribution is 2.26. The average Bonchev–Trinajstić information content (AvgIpc) is 2.42. The van der Waals surface area contributed by atoms with Crippen LogP contribution in [0.25, 0.3) is 0 Å². The van der Waals surface area contributed by atoms with Crippen LogP contribution in [-0.2, 0) is 20.7 Å². The van der Waals surface area contributed by atoms with Crippen molar-refractivity contribution >= 4 is 5.97 Å². The molecule has 0 aliphatic carbocycles. The largest absolute Gasteiger partial charge is 0.466 e. The number of carbonyl (C=O) groups excluding carboxylic acids is 1. The molecule has 0 bridgehead atoms. The van der Waals surface area contributed by atoms with Gasteiger partial charge >= 0.3 is 5.97 Å². The Morgan fingerprint density at radius 2 is 2.21 bits per heavy atom.